The highest BCUT2D eigenvalue weighted by molar-refractivity contribution is 7.71. The number of H-pyrrole nitrogens is 1. The van der Waals surface area contributed by atoms with Crippen LogP contribution in [-0.4, -0.2) is 15.5 Å². The van der Waals surface area contributed by atoms with Crippen LogP contribution >= 0.6 is 12.2 Å². The molecule has 0 fully saturated rings. The van der Waals surface area contributed by atoms with E-state index in [1.807, 2.05) is 60.7 Å². The average Bonchev–Trinajstić information content (AvgIpc) is 2.73. The molecule has 138 valence electrons. The molecular formula is C22H17N3O2S. The molecule has 4 aromatic rings. The molecule has 1 heterocycles. The van der Waals surface area contributed by atoms with E-state index in [1.165, 1.54) is 4.57 Å². The van der Waals surface area contributed by atoms with Crippen molar-refractivity contribution in [2.24, 2.45) is 0 Å². The van der Waals surface area contributed by atoms with Crippen molar-refractivity contribution in [3.8, 4) is 5.69 Å². The van der Waals surface area contributed by atoms with Crippen molar-refractivity contribution in [2.75, 3.05) is 0 Å². The van der Waals surface area contributed by atoms with E-state index in [-0.39, 0.29) is 16.2 Å². The van der Waals surface area contributed by atoms with Crippen LogP contribution in [0.5, 0.6) is 0 Å². The monoisotopic (exact) mass is 387 g/mol. The fraction of sp³-hybridized carbons (Fsp3) is 0.0455. The standard InChI is InChI=1S/C22H17N3O2S/c26-20(23-14-15-7-3-1-4-8-15)16-11-12-18-19(13-16)24-22(28)25(21(18)27)17-9-5-2-6-10-17/h1-13H,14H2,(H,23,26)(H,24,28). The Bertz CT molecular complexity index is 1260. The molecule has 0 aliphatic carbocycles. The van der Waals surface area contributed by atoms with Crippen LogP contribution < -0.4 is 10.9 Å². The third-order valence-electron chi connectivity index (χ3n) is 4.47. The Hall–Kier alpha value is -3.51. The molecule has 0 unspecified atom stereocenters. The molecule has 3 aromatic carbocycles. The van der Waals surface area contributed by atoms with E-state index in [2.05, 4.69) is 10.3 Å². The predicted octanol–water partition coefficient (Wildman–Crippen LogP) is 3.98. The van der Waals surface area contributed by atoms with Gasteiger partial charge in [-0.25, -0.2) is 0 Å². The summed E-state index contributed by atoms with van der Waals surface area (Å²) in [6, 6.07) is 23.9. The maximum absolute atomic E-state index is 12.9. The Morgan fingerprint density at radius 1 is 0.964 bits per heavy atom. The largest absolute Gasteiger partial charge is 0.348 e. The van der Waals surface area contributed by atoms with Crippen molar-refractivity contribution >= 4 is 29.0 Å². The van der Waals surface area contributed by atoms with Crippen LogP contribution in [0.2, 0.25) is 0 Å². The molecule has 28 heavy (non-hydrogen) atoms. The molecule has 1 aromatic heterocycles. The normalized spacial score (nSPS) is 10.7. The second kappa shape index (κ2) is 7.62. The third-order valence-corrected chi connectivity index (χ3v) is 4.75. The minimum Gasteiger partial charge on any atom is -0.348 e. The topological polar surface area (TPSA) is 66.9 Å². The lowest BCUT2D eigenvalue weighted by Crippen LogP contribution is -2.24. The first-order valence-electron chi connectivity index (χ1n) is 8.80. The predicted molar refractivity (Wildman–Crippen MR) is 112 cm³/mol. The van der Waals surface area contributed by atoms with Crippen LogP contribution in [0.3, 0.4) is 0 Å². The van der Waals surface area contributed by atoms with Crippen molar-refractivity contribution < 1.29 is 4.79 Å². The van der Waals surface area contributed by atoms with Gasteiger partial charge in [0.15, 0.2) is 4.77 Å². The maximum atomic E-state index is 12.9. The summed E-state index contributed by atoms with van der Waals surface area (Å²) in [4.78, 5) is 28.5. The van der Waals surface area contributed by atoms with E-state index in [4.69, 9.17) is 12.2 Å². The zero-order chi connectivity index (χ0) is 19.5. The molecule has 0 saturated carbocycles. The third kappa shape index (κ3) is 3.50. The van der Waals surface area contributed by atoms with E-state index in [9.17, 15) is 9.59 Å². The molecule has 6 heteroatoms. The summed E-state index contributed by atoms with van der Waals surface area (Å²) in [6.45, 7) is 0.434. The quantitative estimate of drug-likeness (QED) is 0.521. The fourth-order valence-corrected chi connectivity index (χ4v) is 3.35. The fourth-order valence-electron chi connectivity index (χ4n) is 3.05. The summed E-state index contributed by atoms with van der Waals surface area (Å²) in [5, 5.41) is 3.35. The summed E-state index contributed by atoms with van der Waals surface area (Å²) < 4.78 is 1.73. The van der Waals surface area contributed by atoms with Gasteiger partial charge in [0.25, 0.3) is 11.5 Å². The van der Waals surface area contributed by atoms with Gasteiger partial charge in [-0.15, -0.1) is 0 Å². The van der Waals surface area contributed by atoms with Gasteiger partial charge in [0, 0.05) is 12.1 Å². The lowest BCUT2D eigenvalue weighted by atomic mass is 10.1. The molecule has 2 N–H and O–H groups in total. The molecular weight excluding hydrogens is 370 g/mol. The summed E-state index contributed by atoms with van der Waals surface area (Å²) in [5.74, 6) is -0.211. The Labute approximate surface area is 166 Å². The number of rotatable bonds is 4. The Kier molecular flexibility index (Phi) is 4.87. The van der Waals surface area contributed by atoms with Crippen molar-refractivity contribution in [3.63, 3.8) is 0 Å². The number of benzene rings is 3. The van der Waals surface area contributed by atoms with E-state index < -0.39 is 0 Å². The molecule has 4 rings (SSSR count). The highest BCUT2D eigenvalue weighted by Crippen LogP contribution is 2.13. The van der Waals surface area contributed by atoms with Crippen molar-refractivity contribution in [1.29, 1.82) is 0 Å². The minimum absolute atomic E-state index is 0.211. The number of aromatic nitrogens is 2. The molecule has 0 bridgehead atoms. The number of carbonyl (C=O) groups is 1. The Morgan fingerprint density at radius 2 is 1.64 bits per heavy atom. The zero-order valence-corrected chi connectivity index (χ0v) is 15.7. The van der Waals surface area contributed by atoms with Gasteiger partial charge in [-0.1, -0.05) is 48.5 Å². The number of aromatic amines is 1. The van der Waals surface area contributed by atoms with Gasteiger partial charge in [0.05, 0.1) is 16.6 Å². The number of hydrogen-bond donors (Lipinski definition) is 2. The molecule has 0 saturated heterocycles. The lowest BCUT2D eigenvalue weighted by molar-refractivity contribution is 0.0951. The van der Waals surface area contributed by atoms with Gasteiger partial charge >= 0.3 is 0 Å². The summed E-state index contributed by atoms with van der Waals surface area (Å²) in [7, 11) is 0. The van der Waals surface area contributed by atoms with Crippen LogP contribution in [0.4, 0.5) is 0 Å². The first-order valence-corrected chi connectivity index (χ1v) is 9.21. The van der Waals surface area contributed by atoms with Gasteiger partial charge in [-0.3, -0.25) is 14.2 Å². The van der Waals surface area contributed by atoms with Gasteiger partial charge in [-0.2, -0.15) is 0 Å². The van der Waals surface area contributed by atoms with Crippen molar-refractivity contribution in [1.82, 2.24) is 14.9 Å². The van der Waals surface area contributed by atoms with Gasteiger partial charge < -0.3 is 10.3 Å². The average molecular weight is 387 g/mol. The molecule has 0 aliphatic heterocycles. The molecule has 0 aliphatic rings. The second-order valence-corrected chi connectivity index (χ2v) is 6.72. The van der Waals surface area contributed by atoms with Gasteiger partial charge in [0.2, 0.25) is 0 Å². The number of hydrogen-bond acceptors (Lipinski definition) is 3. The van der Waals surface area contributed by atoms with E-state index in [1.54, 1.807) is 18.2 Å². The molecule has 5 nitrogen and oxygen atoms in total. The van der Waals surface area contributed by atoms with Crippen LogP contribution in [0.15, 0.2) is 83.7 Å². The zero-order valence-electron chi connectivity index (χ0n) is 14.9. The molecule has 0 atom stereocenters. The lowest BCUT2D eigenvalue weighted by Gasteiger charge is -2.09. The van der Waals surface area contributed by atoms with E-state index in [0.29, 0.717) is 28.7 Å². The number of para-hydroxylation sites is 1. The smallest absolute Gasteiger partial charge is 0.266 e. The number of amides is 1. The first-order chi connectivity index (χ1) is 13.6. The number of nitrogens with zero attached hydrogens (tertiary/aromatic N) is 1. The van der Waals surface area contributed by atoms with Gasteiger partial charge in [0.1, 0.15) is 0 Å². The number of carbonyl (C=O) groups excluding carboxylic acids is 1. The number of fused-ring (bicyclic) bond motifs is 1. The van der Waals surface area contributed by atoms with Gasteiger partial charge in [-0.05, 0) is 48.1 Å². The number of nitrogens with one attached hydrogen (secondary N) is 2. The van der Waals surface area contributed by atoms with Crippen molar-refractivity contribution in [2.45, 2.75) is 6.54 Å². The summed E-state index contributed by atoms with van der Waals surface area (Å²) in [5.41, 5.74) is 2.49. The first kappa shape index (κ1) is 17.9. The van der Waals surface area contributed by atoms with Crippen LogP contribution in [0.25, 0.3) is 16.6 Å². The molecule has 1 amide bonds. The second-order valence-electron chi connectivity index (χ2n) is 6.33. The Balaban J connectivity index is 1.67. The molecule has 0 radical (unpaired) electrons. The Morgan fingerprint density at radius 3 is 2.36 bits per heavy atom. The van der Waals surface area contributed by atoms with E-state index >= 15 is 0 Å². The highest BCUT2D eigenvalue weighted by atomic mass is 32.1. The van der Waals surface area contributed by atoms with Crippen molar-refractivity contribution in [3.05, 3.63) is 105 Å². The van der Waals surface area contributed by atoms with E-state index in [0.717, 1.165) is 5.56 Å². The summed E-state index contributed by atoms with van der Waals surface area (Å²) >= 11 is 5.38. The summed E-state index contributed by atoms with van der Waals surface area (Å²) in [6.07, 6.45) is 0. The highest BCUT2D eigenvalue weighted by Gasteiger charge is 2.11. The van der Waals surface area contributed by atoms with Crippen LogP contribution in [0.1, 0.15) is 15.9 Å². The van der Waals surface area contributed by atoms with Crippen LogP contribution in [0, 0.1) is 4.77 Å². The minimum atomic E-state index is -0.221. The SMILES string of the molecule is O=C(NCc1ccccc1)c1ccc2c(=O)n(-c3ccccc3)c(=S)[nH]c2c1. The van der Waals surface area contributed by atoms with Crippen LogP contribution in [-0.2, 0) is 6.54 Å². The molecule has 0 spiro atoms. The maximum Gasteiger partial charge on any atom is 0.266 e.